The molecule has 5 fully saturated rings. The Morgan fingerprint density at radius 3 is 1.34 bits per heavy atom. The van der Waals surface area contributed by atoms with Crippen molar-refractivity contribution < 1.29 is 76.7 Å². The summed E-state index contributed by atoms with van der Waals surface area (Å²) < 4.78 is 0. The van der Waals surface area contributed by atoms with E-state index in [1.165, 1.54) is 83.9 Å². The molecule has 0 aromatic rings. The van der Waals surface area contributed by atoms with Crippen molar-refractivity contribution >= 4 is 94.5 Å². The Kier molecular flexibility index (Phi) is 36.5. The zero-order valence-corrected chi connectivity index (χ0v) is 74.9. The zero-order chi connectivity index (χ0) is 89.0. The molecule has 5 saturated heterocycles. The highest BCUT2D eigenvalue weighted by molar-refractivity contribution is 6.03. The minimum atomic E-state index is -1.67. The van der Waals surface area contributed by atoms with Crippen LogP contribution in [0.2, 0.25) is 0 Å². The second-order valence-corrected chi connectivity index (χ2v) is 37.4. The van der Waals surface area contributed by atoms with E-state index >= 15 is 0 Å². The number of fused-ring (bicyclic) bond motifs is 1. The molecule has 5 heterocycles. The number of rotatable bonds is 40. The highest BCUT2D eigenvalue weighted by atomic mass is 16.2. The highest BCUT2D eigenvalue weighted by Gasteiger charge is 2.49. The number of piperidine rings is 3. The number of amides is 16. The molecule has 13 N–H and O–H groups in total. The van der Waals surface area contributed by atoms with Gasteiger partial charge < -0.3 is 83.8 Å². The summed E-state index contributed by atoms with van der Waals surface area (Å²) in [6.07, 6.45) is 9.56. The van der Waals surface area contributed by atoms with E-state index in [1.54, 1.807) is 34.6 Å². The normalized spacial score (nSPS) is 20.9. The largest absolute Gasteiger partial charge is 0.354 e. The monoisotopic (exact) mass is 1660 g/mol. The number of carbonyl (C=O) groups excluding carboxylic acids is 16. The van der Waals surface area contributed by atoms with Gasteiger partial charge in [-0.2, -0.15) is 0 Å². The fourth-order valence-corrected chi connectivity index (χ4v) is 15.9. The molecule has 34 heteroatoms. The van der Waals surface area contributed by atoms with Crippen molar-refractivity contribution in [3.63, 3.8) is 0 Å². The summed E-state index contributed by atoms with van der Waals surface area (Å²) in [6, 6.07) is -6.40. The lowest BCUT2D eigenvalue weighted by Gasteiger charge is -2.42. The van der Waals surface area contributed by atoms with Crippen LogP contribution in [-0.2, 0) is 76.7 Å². The Balaban J connectivity index is 1.09. The van der Waals surface area contributed by atoms with Crippen LogP contribution in [-0.4, -0.2) is 265 Å². The summed E-state index contributed by atoms with van der Waals surface area (Å²) in [5.74, 6) is -9.58. The average Bonchev–Trinajstić information content (AvgIpc) is 0.983. The van der Waals surface area contributed by atoms with Crippen molar-refractivity contribution in [3.8, 4) is 0 Å². The third-order valence-corrected chi connectivity index (χ3v) is 23.8. The first-order valence-electron chi connectivity index (χ1n) is 43.2. The third-order valence-electron chi connectivity index (χ3n) is 23.8. The van der Waals surface area contributed by atoms with Gasteiger partial charge in [0.2, 0.25) is 94.5 Å². The lowest BCUT2D eigenvalue weighted by Crippen LogP contribution is -2.68. The fourth-order valence-electron chi connectivity index (χ4n) is 15.9. The molecule has 0 radical (unpaired) electrons. The van der Waals surface area contributed by atoms with Crippen molar-refractivity contribution in [2.24, 2.45) is 17.8 Å². The van der Waals surface area contributed by atoms with Crippen LogP contribution in [0.25, 0.3) is 0 Å². The van der Waals surface area contributed by atoms with Crippen LogP contribution in [0.3, 0.4) is 0 Å². The van der Waals surface area contributed by atoms with Crippen LogP contribution in [0, 0.1) is 17.8 Å². The van der Waals surface area contributed by atoms with Crippen molar-refractivity contribution in [3.05, 3.63) is 0 Å². The van der Waals surface area contributed by atoms with E-state index in [-0.39, 0.29) is 101 Å². The second kappa shape index (κ2) is 43.1. The minimum absolute atomic E-state index is 0.0486. The van der Waals surface area contributed by atoms with Crippen molar-refractivity contribution in [1.29, 1.82) is 0 Å². The SMILES string of the molecule is CC[C@](C)(NC(=O)[C@H](CC(C)C)NC(=O)[C@H](C)NC(=O)C(C)(C)NC(=O)[C@@H]1CCCCN1C(=O)C(C)(C)NC(=O)C(C)(C)NC(=O)CNC(=O)CCNC(=O)[C@H](CC(C)C)NC(=O)[C@](C)(CC)NC(=O)[C@](C)(CC)NC(=O)[C@@H]1CCCCN1C(=O)C(C)(C)NC(=O)[C@@H]1CCCCN1C(C)=O)C(=O)N[C@@H](CC(C)C)CN1CCCN2CCCC21. The molecule has 16 amide bonds. The molecule has 5 rings (SSSR count). The van der Waals surface area contributed by atoms with E-state index in [0.29, 0.717) is 57.3 Å². The van der Waals surface area contributed by atoms with Gasteiger partial charge in [0.05, 0.1) is 12.7 Å². The van der Waals surface area contributed by atoms with E-state index in [4.69, 9.17) is 0 Å². The zero-order valence-electron chi connectivity index (χ0n) is 74.9. The van der Waals surface area contributed by atoms with E-state index in [2.05, 4.69) is 92.8 Å². The maximum Gasteiger partial charge on any atom is 0.248 e. The molecule has 1 unspecified atom stereocenters. The van der Waals surface area contributed by atoms with Gasteiger partial charge in [-0.15, -0.1) is 0 Å². The summed E-state index contributed by atoms with van der Waals surface area (Å²) in [6.45, 7) is 39.8. The number of likely N-dealkylation sites (tertiary alicyclic amines) is 3. The van der Waals surface area contributed by atoms with Crippen LogP contribution in [0.4, 0.5) is 0 Å². The van der Waals surface area contributed by atoms with Crippen LogP contribution < -0.4 is 69.1 Å². The molecule has 0 bridgehead atoms. The summed E-state index contributed by atoms with van der Waals surface area (Å²) in [7, 11) is 0. The van der Waals surface area contributed by atoms with Gasteiger partial charge in [0.15, 0.2) is 0 Å². The molecule has 0 aromatic carbocycles. The molecule has 5 aliphatic heterocycles. The first-order valence-corrected chi connectivity index (χ1v) is 43.2. The quantitative estimate of drug-likeness (QED) is 0.0419. The van der Waals surface area contributed by atoms with Gasteiger partial charge in [-0.1, -0.05) is 62.3 Å². The average molecular weight is 1660 g/mol. The van der Waals surface area contributed by atoms with Crippen LogP contribution in [0.15, 0.2) is 0 Å². The number of nitrogens with one attached hydrogen (secondary N) is 13. The fraction of sp³-hybridized carbons (Fsp3) is 0.810. The first-order chi connectivity index (χ1) is 54.8. The van der Waals surface area contributed by atoms with Crippen LogP contribution >= 0.6 is 0 Å². The lowest BCUT2D eigenvalue weighted by molar-refractivity contribution is -0.151. The topological polar surface area (TPSA) is 446 Å². The molecule has 0 saturated carbocycles. The Bertz CT molecular complexity index is 3600. The number of carbonyl (C=O) groups is 16. The van der Waals surface area contributed by atoms with Gasteiger partial charge in [-0.25, -0.2) is 0 Å². The molecule has 0 aromatic heterocycles. The van der Waals surface area contributed by atoms with Crippen molar-refractivity contribution in [2.45, 2.75) is 362 Å². The molecule has 668 valence electrons. The molecule has 118 heavy (non-hydrogen) atoms. The predicted octanol–water partition coefficient (Wildman–Crippen LogP) is 2.43. The minimum Gasteiger partial charge on any atom is -0.354 e. The maximum absolute atomic E-state index is 14.5. The Hall–Kier alpha value is -8.56. The van der Waals surface area contributed by atoms with E-state index in [0.717, 1.165) is 58.2 Å². The smallest absolute Gasteiger partial charge is 0.248 e. The van der Waals surface area contributed by atoms with Gasteiger partial charge >= 0.3 is 0 Å². The molecular formula is C84H146N18O16. The predicted molar refractivity (Wildman–Crippen MR) is 446 cm³/mol. The number of hydrogen-bond acceptors (Lipinski definition) is 18. The van der Waals surface area contributed by atoms with E-state index < -0.39 is 164 Å². The summed E-state index contributed by atoms with van der Waals surface area (Å²) >= 11 is 0. The molecule has 5 aliphatic rings. The van der Waals surface area contributed by atoms with Gasteiger partial charge in [0, 0.05) is 65.2 Å². The van der Waals surface area contributed by atoms with E-state index in [1.807, 2.05) is 34.6 Å². The molecule has 0 spiro atoms. The summed E-state index contributed by atoms with van der Waals surface area (Å²) in [5, 5.41) is 36.1. The number of nitrogens with zero attached hydrogens (tertiary/aromatic N) is 5. The number of hydrogen-bond donors (Lipinski definition) is 13. The van der Waals surface area contributed by atoms with E-state index in [9.17, 15) is 76.7 Å². The standard InChI is InChI=1S/C84H146N18O16/c1-23-82(20,73(114)88-56(46-51(4)5)50-99-42-33-41-98-40-32-37-64(98)99)94-67(108)58(48-53(8)9)89-65(106)54(10)87-71(112)78(12,13)92-69(110)60-35-27-30-44-101(60)77(118)81(18,19)96-72(113)79(14,15)91-63(105)49-86-62(104)38-39-85-66(107)57(47-52(6)7)90-74(115)83(21,24-2)97-75(116)84(22,25-3)95-70(111)61-36-28-31-45-102(61)76(117)80(16,17)93-68(109)59-34-26-29-43-100(59)55(11)103/h51-54,56-61,64H,23-50H2,1-22H3,(H,85,107)(H,86,104)(H,87,112)(H,88,114)(H,89,106)(H,90,115)(H,91,105)(H,92,110)(H,93,109)(H,94,108)(H,95,111)(H,96,113)(H,97,116)/t54-,56-,57-,58-,59-,60-,61-,64?,82-,83-,84-/m0/s1. The third kappa shape index (κ3) is 27.7. The van der Waals surface area contributed by atoms with Gasteiger partial charge in [-0.3, -0.25) is 86.5 Å². The van der Waals surface area contributed by atoms with Gasteiger partial charge in [0.1, 0.15) is 75.0 Å². The van der Waals surface area contributed by atoms with Gasteiger partial charge in [0.25, 0.3) is 0 Å². The second-order valence-electron chi connectivity index (χ2n) is 37.4. The summed E-state index contributed by atoms with van der Waals surface area (Å²) in [5.41, 5.74) is -11.0. The van der Waals surface area contributed by atoms with Crippen LogP contribution in [0.1, 0.15) is 274 Å². The molecule has 11 atom stereocenters. The molecule has 0 aliphatic carbocycles. The Morgan fingerprint density at radius 2 is 0.822 bits per heavy atom. The Labute approximate surface area is 700 Å². The van der Waals surface area contributed by atoms with Crippen LogP contribution in [0.5, 0.6) is 0 Å². The van der Waals surface area contributed by atoms with Gasteiger partial charge in [-0.05, 0) is 223 Å². The maximum atomic E-state index is 14.5. The molecular weight excluding hydrogens is 1520 g/mol. The Morgan fingerprint density at radius 1 is 0.373 bits per heavy atom. The first kappa shape index (κ1) is 100. The highest BCUT2D eigenvalue weighted by Crippen LogP contribution is 2.30. The van der Waals surface area contributed by atoms with Crippen molar-refractivity contribution in [2.75, 3.05) is 58.9 Å². The van der Waals surface area contributed by atoms with Crippen molar-refractivity contribution in [1.82, 2.24) is 93.6 Å². The lowest BCUT2D eigenvalue weighted by atomic mass is 9.90. The summed E-state index contributed by atoms with van der Waals surface area (Å²) in [4.78, 5) is 232. The molecule has 34 nitrogen and oxygen atoms in total.